The highest BCUT2D eigenvalue weighted by Crippen LogP contribution is 2.34. The van der Waals surface area contributed by atoms with Gasteiger partial charge in [-0.15, -0.1) is 0 Å². The molecule has 5 rings (SSSR count). The van der Waals surface area contributed by atoms with Crippen molar-refractivity contribution < 1.29 is 9.18 Å². The first-order chi connectivity index (χ1) is 13.7. The number of nitrogens with one attached hydrogen (secondary N) is 1. The van der Waals surface area contributed by atoms with E-state index in [4.69, 9.17) is 0 Å². The molecule has 0 unspecified atom stereocenters. The molecule has 1 aliphatic rings. The van der Waals surface area contributed by atoms with Gasteiger partial charge in [-0.05, 0) is 23.8 Å². The van der Waals surface area contributed by atoms with Crippen LogP contribution in [0.1, 0.15) is 21.6 Å². The molecule has 2 aromatic heterocycles. The predicted octanol–water partition coefficient (Wildman–Crippen LogP) is 3.96. The molecular formula is C22H17FN4O. The summed E-state index contributed by atoms with van der Waals surface area (Å²) in [6, 6.07) is 15.0. The topological polar surface area (TPSA) is 61.9 Å². The van der Waals surface area contributed by atoms with Gasteiger partial charge < -0.3 is 4.90 Å². The Labute approximate surface area is 160 Å². The molecule has 138 valence electrons. The summed E-state index contributed by atoms with van der Waals surface area (Å²) in [4.78, 5) is 19.4. The monoisotopic (exact) mass is 372 g/mol. The lowest BCUT2D eigenvalue weighted by atomic mass is 9.98. The largest absolute Gasteiger partial charge is 0.334 e. The first-order valence-corrected chi connectivity index (χ1v) is 9.15. The first-order valence-electron chi connectivity index (χ1n) is 9.15. The smallest absolute Gasteiger partial charge is 0.255 e. The number of aromatic nitrogens is 3. The fraction of sp³-hybridized carbons (Fsp3) is 0.136. The summed E-state index contributed by atoms with van der Waals surface area (Å²) in [5.41, 5.74) is 4.23. The second-order valence-electron chi connectivity index (χ2n) is 6.91. The van der Waals surface area contributed by atoms with E-state index in [0.29, 0.717) is 29.7 Å². The highest BCUT2D eigenvalue weighted by molar-refractivity contribution is 6.04. The third kappa shape index (κ3) is 2.74. The number of aromatic amines is 1. The molecule has 1 amide bonds. The van der Waals surface area contributed by atoms with E-state index in [1.54, 1.807) is 23.4 Å². The van der Waals surface area contributed by atoms with E-state index in [9.17, 15) is 9.18 Å². The molecule has 1 N–H and O–H groups in total. The number of H-pyrrole nitrogens is 1. The number of carbonyl (C=O) groups is 1. The Morgan fingerprint density at radius 3 is 2.86 bits per heavy atom. The number of pyridine rings is 1. The Hall–Kier alpha value is -3.54. The van der Waals surface area contributed by atoms with Crippen LogP contribution in [0.15, 0.2) is 60.9 Å². The van der Waals surface area contributed by atoms with Crippen LogP contribution in [0, 0.1) is 5.82 Å². The molecule has 0 fully saturated rings. The van der Waals surface area contributed by atoms with Crippen molar-refractivity contribution in [2.24, 2.45) is 0 Å². The minimum atomic E-state index is -0.345. The number of rotatable bonds is 4. The SMILES string of the molecule is O=C1c2c(-c3cn[nH]c3)ccc(F)c2CN1CCc1ccc2ccccc2n1. The lowest BCUT2D eigenvalue weighted by Gasteiger charge is -2.15. The normalized spacial score (nSPS) is 13.3. The van der Waals surface area contributed by atoms with Crippen molar-refractivity contribution in [2.45, 2.75) is 13.0 Å². The summed E-state index contributed by atoms with van der Waals surface area (Å²) in [7, 11) is 0. The third-order valence-electron chi connectivity index (χ3n) is 5.21. The Morgan fingerprint density at radius 1 is 1.11 bits per heavy atom. The molecule has 28 heavy (non-hydrogen) atoms. The van der Waals surface area contributed by atoms with Gasteiger partial charge in [0.05, 0.1) is 17.3 Å². The highest BCUT2D eigenvalue weighted by atomic mass is 19.1. The summed E-state index contributed by atoms with van der Waals surface area (Å²) in [6.45, 7) is 0.766. The Morgan fingerprint density at radius 2 is 2.00 bits per heavy atom. The van der Waals surface area contributed by atoms with E-state index in [1.807, 2.05) is 36.4 Å². The van der Waals surface area contributed by atoms with Gasteiger partial charge >= 0.3 is 0 Å². The van der Waals surface area contributed by atoms with E-state index in [0.717, 1.165) is 22.2 Å². The third-order valence-corrected chi connectivity index (χ3v) is 5.21. The second-order valence-corrected chi connectivity index (χ2v) is 6.91. The molecule has 6 heteroatoms. The minimum Gasteiger partial charge on any atom is -0.334 e. The highest BCUT2D eigenvalue weighted by Gasteiger charge is 2.32. The van der Waals surface area contributed by atoms with E-state index >= 15 is 0 Å². The van der Waals surface area contributed by atoms with Crippen molar-refractivity contribution in [3.8, 4) is 11.1 Å². The van der Waals surface area contributed by atoms with Gasteiger partial charge in [0, 0.05) is 47.9 Å². The molecule has 0 bridgehead atoms. The van der Waals surface area contributed by atoms with Crippen molar-refractivity contribution in [1.82, 2.24) is 20.1 Å². The summed E-state index contributed by atoms with van der Waals surface area (Å²) in [5.74, 6) is -0.492. The number of benzene rings is 2. The zero-order chi connectivity index (χ0) is 19.1. The molecule has 5 nitrogen and oxygen atoms in total. The number of fused-ring (bicyclic) bond motifs is 2. The van der Waals surface area contributed by atoms with Crippen LogP contribution in [-0.2, 0) is 13.0 Å². The molecule has 2 aromatic carbocycles. The fourth-order valence-corrected chi connectivity index (χ4v) is 3.76. The van der Waals surface area contributed by atoms with Gasteiger partial charge in [0.25, 0.3) is 5.91 Å². The van der Waals surface area contributed by atoms with E-state index in [-0.39, 0.29) is 18.3 Å². The van der Waals surface area contributed by atoms with Crippen LogP contribution in [-0.4, -0.2) is 32.5 Å². The number of hydrogen-bond acceptors (Lipinski definition) is 3. The summed E-state index contributed by atoms with van der Waals surface area (Å²) in [6.07, 6.45) is 3.97. The quantitative estimate of drug-likeness (QED) is 0.590. The standard InChI is InChI=1S/C22H17FN4O/c23-19-8-7-17(15-11-24-25-12-15)21-18(19)13-27(22(21)28)10-9-16-6-5-14-3-1-2-4-20(14)26-16/h1-8,11-12H,9-10,13H2,(H,24,25). The molecule has 0 spiro atoms. The summed E-state index contributed by atoms with van der Waals surface area (Å²) < 4.78 is 14.4. The van der Waals surface area contributed by atoms with E-state index in [2.05, 4.69) is 15.2 Å². The number of hydrogen-bond donors (Lipinski definition) is 1. The zero-order valence-electron chi connectivity index (χ0n) is 15.0. The van der Waals surface area contributed by atoms with Gasteiger partial charge in [-0.3, -0.25) is 14.9 Å². The van der Waals surface area contributed by atoms with Gasteiger partial charge in [0.15, 0.2) is 0 Å². The number of para-hydroxylation sites is 1. The van der Waals surface area contributed by atoms with Crippen LogP contribution in [0.25, 0.3) is 22.0 Å². The van der Waals surface area contributed by atoms with Gasteiger partial charge in [0.2, 0.25) is 0 Å². The first kappa shape index (κ1) is 16.6. The average molecular weight is 372 g/mol. The van der Waals surface area contributed by atoms with Gasteiger partial charge in [-0.2, -0.15) is 5.10 Å². The Kier molecular flexibility index (Phi) is 3.90. The molecule has 0 atom stereocenters. The van der Waals surface area contributed by atoms with Gasteiger partial charge in [0.1, 0.15) is 5.82 Å². The molecule has 1 aliphatic heterocycles. The minimum absolute atomic E-state index is 0.147. The lowest BCUT2D eigenvalue weighted by molar-refractivity contribution is 0.0780. The maximum atomic E-state index is 14.4. The molecule has 0 saturated heterocycles. The molecule has 4 aromatic rings. The number of halogens is 1. The average Bonchev–Trinajstić information content (AvgIpc) is 3.36. The van der Waals surface area contributed by atoms with Crippen molar-refractivity contribution in [3.63, 3.8) is 0 Å². The molecule has 0 aliphatic carbocycles. The van der Waals surface area contributed by atoms with Gasteiger partial charge in [-0.1, -0.05) is 30.3 Å². The number of nitrogens with zero attached hydrogens (tertiary/aromatic N) is 3. The van der Waals surface area contributed by atoms with Crippen molar-refractivity contribution >= 4 is 16.8 Å². The molecular weight excluding hydrogens is 355 g/mol. The maximum absolute atomic E-state index is 14.4. The lowest BCUT2D eigenvalue weighted by Crippen LogP contribution is -2.26. The van der Waals surface area contributed by atoms with Crippen LogP contribution in [0.3, 0.4) is 0 Å². The predicted molar refractivity (Wildman–Crippen MR) is 104 cm³/mol. The fourth-order valence-electron chi connectivity index (χ4n) is 3.76. The Bertz CT molecular complexity index is 1190. The van der Waals surface area contributed by atoms with Crippen molar-refractivity contribution in [1.29, 1.82) is 0 Å². The zero-order valence-corrected chi connectivity index (χ0v) is 15.0. The summed E-state index contributed by atoms with van der Waals surface area (Å²) >= 11 is 0. The second kappa shape index (κ2) is 6.56. The van der Waals surface area contributed by atoms with Crippen LogP contribution < -0.4 is 0 Å². The van der Waals surface area contributed by atoms with Crippen LogP contribution in [0.2, 0.25) is 0 Å². The van der Waals surface area contributed by atoms with Gasteiger partial charge in [-0.25, -0.2) is 4.39 Å². The Balaban J connectivity index is 1.40. The number of carbonyl (C=O) groups excluding carboxylic acids is 1. The van der Waals surface area contributed by atoms with Crippen LogP contribution >= 0.6 is 0 Å². The molecule has 0 radical (unpaired) electrons. The number of amides is 1. The van der Waals surface area contributed by atoms with Crippen LogP contribution in [0.5, 0.6) is 0 Å². The maximum Gasteiger partial charge on any atom is 0.255 e. The van der Waals surface area contributed by atoms with Crippen molar-refractivity contribution in [3.05, 3.63) is 83.6 Å². The molecule has 3 heterocycles. The summed E-state index contributed by atoms with van der Waals surface area (Å²) in [5, 5.41) is 7.77. The van der Waals surface area contributed by atoms with E-state index < -0.39 is 0 Å². The molecule has 0 saturated carbocycles. The van der Waals surface area contributed by atoms with E-state index in [1.165, 1.54) is 6.07 Å². The van der Waals surface area contributed by atoms with Crippen molar-refractivity contribution in [2.75, 3.05) is 6.54 Å². The van der Waals surface area contributed by atoms with Crippen LogP contribution in [0.4, 0.5) is 4.39 Å².